The van der Waals surface area contributed by atoms with Gasteiger partial charge in [-0.05, 0) is 69.2 Å². The molecule has 5 aliphatic heterocycles. The second kappa shape index (κ2) is 14.2. The van der Waals surface area contributed by atoms with Gasteiger partial charge in [-0.15, -0.1) is 11.3 Å². The maximum Gasteiger partial charge on any atom is 0.319 e. The molecule has 1 aromatic carbocycles. The zero-order valence-corrected chi connectivity index (χ0v) is 31.0. The molecule has 2 atom stereocenters. The Morgan fingerprint density at radius 1 is 1.08 bits per heavy atom. The Morgan fingerprint density at radius 2 is 1.81 bits per heavy atom. The molecule has 2 N–H and O–H groups in total. The van der Waals surface area contributed by atoms with Gasteiger partial charge in [0.15, 0.2) is 11.6 Å². The average molecular weight is 733 g/mol. The fourth-order valence-corrected chi connectivity index (χ4v) is 10.4. The first kappa shape index (κ1) is 35.3. The smallest absolute Gasteiger partial charge is 0.319 e. The van der Waals surface area contributed by atoms with Gasteiger partial charge in [0.2, 0.25) is 0 Å². The molecule has 4 aromatic rings. The zero-order valence-electron chi connectivity index (χ0n) is 30.1. The van der Waals surface area contributed by atoms with Gasteiger partial charge < -0.3 is 24.8 Å². The first-order valence-electron chi connectivity index (χ1n) is 18.7. The van der Waals surface area contributed by atoms with Crippen molar-refractivity contribution in [3.05, 3.63) is 34.5 Å². The van der Waals surface area contributed by atoms with E-state index in [4.69, 9.17) is 29.9 Å². The molecule has 0 radical (unpaired) electrons. The van der Waals surface area contributed by atoms with Crippen LogP contribution in [0.2, 0.25) is 0 Å². The topological polar surface area (TPSA) is 126 Å². The van der Waals surface area contributed by atoms with Crippen LogP contribution in [0.1, 0.15) is 75.5 Å². The SMILES string of the molecule is CC.COCCCN1CC2CCC(C1)N2c1nc(OCC23CCCN2CCC3)nc2c(F)c(-c3ncc(F)c4sc(N)c(C#N)c34)c3c(c12)COC3. The fourth-order valence-electron chi connectivity index (χ4n) is 9.49. The van der Waals surface area contributed by atoms with E-state index in [0.29, 0.717) is 23.4 Å². The molecule has 8 heterocycles. The van der Waals surface area contributed by atoms with E-state index in [1.165, 1.54) is 0 Å². The molecule has 11 nitrogen and oxygen atoms in total. The highest BCUT2D eigenvalue weighted by molar-refractivity contribution is 7.23. The largest absolute Gasteiger partial charge is 0.461 e. The monoisotopic (exact) mass is 732 g/mol. The first-order valence-corrected chi connectivity index (χ1v) is 19.5. The highest BCUT2D eigenvalue weighted by Gasteiger charge is 2.46. The molecule has 0 aliphatic carbocycles. The Balaban J connectivity index is 0.00000190. The van der Waals surface area contributed by atoms with E-state index < -0.39 is 11.6 Å². The number of methoxy groups -OCH3 is 1. The molecule has 14 heteroatoms. The van der Waals surface area contributed by atoms with Crippen LogP contribution in [0.15, 0.2) is 6.20 Å². The lowest BCUT2D eigenvalue weighted by Crippen LogP contribution is -2.54. The summed E-state index contributed by atoms with van der Waals surface area (Å²) < 4.78 is 50.6. The van der Waals surface area contributed by atoms with E-state index in [-0.39, 0.29) is 74.3 Å². The number of piperazine rings is 1. The van der Waals surface area contributed by atoms with Crippen LogP contribution in [0.3, 0.4) is 0 Å². The van der Waals surface area contributed by atoms with Crippen molar-refractivity contribution in [1.82, 2.24) is 24.8 Å². The maximum absolute atomic E-state index is 17.5. The number of thiophene rings is 1. The molecular weight excluding hydrogens is 687 g/mol. The van der Waals surface area contributed by atoms with Gasteiger partial charge in [0.1, 0.15) is 29.0 Å². The number of nitriles is 1. The number of nitrogens with two attached hydrogens (primary N) is 1. The summed E-state index contributed by atoms with van der Waals surface area (Å²) in [6.07, 6.45) is 8.44. The predicted octanol–water partition coefficient (Wildman–Crippen LogP) is 6.39. The summed E-state index contributed by atoms with van der Waals surface area (Å²) in [6.45, 7) is 10.4. The van der Waals surface area contributed by atoms with Crippen LogP contribution in [-0.4, -0.2) is 95.4 Å². The number of anilines is 2. The Hall–Kier alpha value is -3.74. The molecule has 5 aliphatic rings. The number of fused-ring (bicyclic) bond motifs is 7. The van der Waals surface area contributed by atoms with Gasteiger partial charge in [-0.3, -0.25) is 14.8 Å². The normalized spacial score (nSPS) is 22.1. The second-order valence-corrected chi connectivity index (χ2v) is 15.5. The number of benzene rings is 1. The summed E-state index contributed by atoms with van der Waals surface area (Å²) in [5.74, 6) is -0.539. The third-order valence-electron chi connectivity index (χ3n) is 11.7. The number of hydrogen-bond donors (Lipinski definition) is 1. The summed E-state index contributed by atoms with van der Waals surface area (Å²) in [5, 5.41) is 11.0. The lowest BCUT2D eigenvalue weighted by atomic mass is 9.93. The van der Waals surface area contributed by atoms with Crippen molar-refractivity contribution >= 4 is 43.1 Å². The van der Waals surface area contributed by atoms with Crippen LogP contribution >= 0.6 is 11.3 Å². The van der Waals surface area contributed by atoms with Crippen LogP contribution in [0, 0.1) is 23.0 Å². The lowest BCUT2D eigenvalue weighted by molar-refractivity contribution is 0.107. The van der Waals surface area contributed by atoms with Gasteiger partial charge in [-0.1, -0.05) is 13.8 Å². The van der Waals surface area contributed by atoms with Gasteiger partial charge in [0.25, 0.3) is 0 Å². The number of nitrogen functional groups attached to an aromatic ring is 1. The molecule has 0 spiro atoms. The van der Waals surface area contributed by atoms with E-state index >= 15 is 8.78 Å². The number of halogens is 2. The van der Waals surface area contributed by atoms with E-state index in [9.17, 15) is 5.26 Å². The highest BCUT2D eigenvalue weighted by atomic mass is 32.1. The number of aromatic nitrogens is 3. The Labute approximate surface area is 306 Å². The molecule has 52 heavy (non-hydrogen) atoms. The molecular formula is C38H46F2N8O3S. The molecule has 4 saturated heterocycles. The maximum atomic E-state index is 17.5. The molecule has 9 rings (SSSR count). The minimum absolute atomic E-state index is 0.0446. The minimum Gasteiger partial charge on any atom is -0.461 e. The Kier molecular flexibility index (Phi) is 9.67. The first-order chi connectivity index (χ1) is 25.4. The number of nitrogens with zero attached hydrogens (tertiary/aromatic N) is 7. The van der Waals surface area contributed by atoms with Crippen molar-refractivity contribution < 1.29 is 23.0 Å². The van der Waals surface area contributed by atoms with Crippen molar-refractivity contribution in [2.24, 2.45) is 0 Å². The third-order valence-corrected chi connectivity index (χ3v) is 12.7. The van der Waals surface area contributed by atoms with Crippen molar-refractivity contribution in [3.63, 3.8) is 0 Å². The number of hydrogen-bond acceptors (Lipinski definition) is 12. The molecule has 2 bridgehead atoms. The van der Waals surface area contributed by atoms with Crippen LogP contribution in [0.25, 0.3) is 32.2 Å². The highest BCUT2D eigenvalue weighted by Crippen LogP contribution is 2.48. The minimum atomic E-state index is -0.612. The summed E-state index contributed by atoms with van der Waals surface area (Å²) in [6, 6.07) is 2.65. The Morgan fingerprint density at radius 3 is 2.52 bits per heavy atom. The van der Waals surface area contributed by atoms with Crippen LogP contribution in [0.5, 0.6) is 6.01 Å². The van der Waals surface area contributed by atoms with Gasteiger partial charge in [0.05, 0.1) is 46.3 Å². The van der Waals surface area contributed by atoms with Crippen LogP contribution in [0.4, 0.5) is 19.6 Å². The summed E-state index contributed by atoms with van der Waals surface area (Å²) in [7, 11) is 1.73. The summed E-state index contributed by atoms with van der Waals surface area (Å²) in [5.41, 5.74) is 8.05. The predicted molar refractivity (Wildman–Crippen MR) is 198 cm³/mol. The molecule has 4 fully saturated rings. The summed E-state index contributed by atoms with van der Waals surface area (Å²) >= 11 is 0.964. The number of likely N-dealkylation sites (tertiary alicyclic amines) is 1. The quantitative estimate of drug-likeness (QED) is 0.193. The van der Waals surface area contributed by atoms with Crippen molar-refractivity contribution in [2.75, 3.05) is 63.7 Å². The van der Waals surface area contributed by atoms with Crippen molar-refractivity contribution in [3.8, 4) is 23.3 Å². The molecule has 3 aromatic heterocycles. The fraction of sp³-hybridized carbons (Fsp3) is 0.579. The zero-order chi connectivity index (χ0) is 36.1. The van der Waals surface area contributed by atoms with E-state index in [2.05, 4.69) is 25.8 Å². The van der Waals surface area contributed by atoms with Crippen LogP contribution < -0.4 is 15.4 Å². The molecule has 0 saturated carbocycles. The molecule has 2 unspecified atom stereocenters. The van der Waals surface area contributed by atoms with Crippen molar-refractivity contribution in [2.45, 2.75) is 89.6 Å². The Bertz CT molecular complexity index is 2030. The average Bonchev–Trinajstić information content (AvgIpc) is 3.98. The second-order valence-electron chi connectivity index (χ2n) is 14.4. The summed E-state index contributed by atoms with van der Waals surface area (Å²) in [4.78, 5) is 21.8. The van der Waals surface area contributed by atoms with Gasteiger partial charge in [0, 0.05) is 56.4 Å². The van der Waals surface area contributed by atoms with Gasteiger partial charge in [-0.2, -0.15) is 15.2 Å². The van der Waals surface area contributed by atoms with E-state index in [1.54, 1.807) is 7.11 Å². The van der Waals surface area contributed by atoms with Crippen LogP contribution in [-0.2, 0) is 22.7 Å². The van der Waals surface area contributed by atoms with Crippen molar-refractivity contribution in [1.29, 1.82) is 5.26 Å². The van der Waals surface area contributed by atoms with E-state index in [0.717, 1.165) is 107 Å². The number of rotatable bonds is 9. The number of ether oxygens (including phenoxy) is 3. The standard InChI is InChI=1S/C36H40F2N8O3S.C2H6/c1-47-12-4-9-44-15-20-5-6-21(16-44)46(20)34-28-24-18-48-17-23(24)26(30-27-22(13-39)33(40)50-32(27)25(37)14-41-30)29(38)31(28)42-35(43-34)49-19-36-7-2-10-45(36)11-3-8-36;1-2/h14,20-21H,2-12,15-19,40H2,1H3;1-2H3. The third kappa shape index (κ3) is 5.67. The van der Waals surface area contributed by atoms with Gasteiger partial charge in [-0.25, -0.2) is 8.78 Å². The number of pyridine rings is 1. The van der Waals surface area contributed by atoms with E-state index in [1.807, 2.05) is 13.8 Å². The lowest BCUT2D eigenvalue weighted by Gasteiger charge is -2.42. The molecule has 276 valence electrons. The van der Waals surface area contributed by atoms with Gasteiger partial charge >= 0.3 is 6.01 Å². The molecule has 0 amide bonds.